The molecule has 0 radical (unpaired) electrons. The van der Waals surface area contributed by atoms with Gasteiger partial charge in [-0.15, -0.1) is 0 Å². The molecule has 0 atom stereocenters. The lowest BCUT2D eigenvalue weighted by atomic mass is 9.99. The van der Waals surface area contributed by atoms with E-state index in [1.807, 2.05) is 42.6 Å². The van der Waals surface area contributed by atoms with E-state index in [4.69, 9.17) is 11.6 Å². The molecule has 0 aliphatic carbocycles. The molecule has 1 N–H and O–H groups in total. The van der Waals surface area contributed by atoms with Crippen molar-refractivity contribution in [1.82, 2.24) is 0 Å². The van der Waals surface area contributed by atoms with Crippen LogP contribution in [0.15, 0.2) is 42.6 Å². The summed E-state index contributed by atoms with van der Waals surface area (Å²) in [6.45, 7) is 4.31. The van der Waals surface area contributed by atoms with E-state index < -0.39 is 0 Å². The number of rotatable bonds is 2. The highest BCUT2D eigenvalue weighted by molar-refractivity contribution is 6.34. The molecule has 0 aliphatic heterocycles. The fourth-order valence-corrected chi connectivity index (χ4v) is 2.99. The molecule has 2 heterocycles. The van der Waals surface area contributed by atoms with E-state index in [1.165, 1.54) is 0 Å². The summed E-state index contributed by atoms with van der Waals surface area (Å²) in [5, 5.41) is 12.1. The quantitative estimate of drug-likeness (QED) is 0.556. The summed E-state index contributed by atoms with van der Waals surface area (Å²) < 4.78 is 2.06. The van der Waals surface area contributed by atoms with E-state index in [2.05, 4.69) is 18.2 Å². The molecule has 0 spiro atoms. The zero-order valence-corrected chi connectivity index (χ0v) is 12.4. The Balaban J connectivity index is 2.52. The van der Waals surface area contributed by atoms with Crippen molar-refractivity contribution in [2.24, 2.45) is 5.92 Å². The molecule has 0 bridgehead atoms. The zero-order chi connectivity index (χ0) is 14.3. The molecule has 3 aromatic rings. The maximum atomic E-state index is 10.6. The SMILES string of the molecule is CC(C)Cc1c(O)c2cccc(Cl)c2[n+]2ccccc12. The van der Waals surface area contributed by atoms with Crippen LogP contribution in [0.5, 0.6) is 5.75 Å². The molecule has 3 rings (SSSR count). The van der Waals surface area contributed by atoms with Gasteiger partial charge in [-0.05, 0) is 30.5 Å². The second-order valence-electron chi connectivity index (χ2n) is 5.52. The maximum absolute atomic E-state index is 10.6. The normalized spacial score (nSPS) is 11.6. The van der Waals surface area contributed by atoms with E-state index in [-0.39, 0.29) is 0 Å². The molecular formula is C17H17ClNO+. The van der Waals surface area contributed by atoms with Gasteiger partial charge in [0, 0.05) is 12.1 Å². The van der Waals surface area contributed by atoms with Crippen LogP contribution in [0.2, 0.25) is 5.02 Å². The number of nitrogens with zero attached hydrogens (tertiary/aromatic N) is 1. The van der Waals surface area contributed by atoms with E-state index in [0.29, 0.717) is 16.7 Å². The van der Waals surface area contributed by atoms with Gasteiger partial charge in [0.15, 0.2) is 6.20 Å². The number of aromatic hydroxyl groups is 1. The molecular weight excluding hydrogens is 270 g/mol. The monoisotopic (exact) mass is 286 g/mol. The van der Waals surface area contributed by atoms with Gasteiger partial charge in [-0.2, -0.15) is 4.40 Å². The first kappa shape index (κ1) is 13.2. The van der Waals surface area contributed by atoms with Crippen molar-refractivity contribution in [3.63, 3.8) is 0 Å². The molecule has 0 saturated carbocycles. The number of hydrogen-bond acceptors (Lipinski definition) is 1. The summed E-state index contributed by atoms with van der Waals surface area (Å²) in [7, 11) is 0. The number of aromatic nitrogens is 1. The standard InChI is InChI=1S/C17H16ClNO/c1-11(2)10-13-15-8-3-4-9-19(15)16-12(17(13)20)6-5-7-14(16)18/h3-9,11H,10H2,1-2H3/p+1. The minimum atomic E-state index is 0.349. The van der Waals surface area contributed by atoms with Crippen molar-refractivity contribution in [2.75, 3.05) is 0 Å². The highest BCUT2D eigenvalue weighted by Gasteiger charge is 2.22. The van der Waals surface area contributed by atoms with Gasteiger partial charge in [-0.25, -0.2) is 0 Å². The Morgan fingerprint density at radius 2 is 1.95 bits per heavy atom. The topological polar surface area (TPSA) is 24.3 Å². The zero-order valence-electron chi connectivity index (χ0n) is 11.6. The number of pyridine rings is 2. The molecule has 0 saturated heterocycles. The maximum Gasteiger partial charge on any atom is 0.240 e. The Kier molecular flexibility index (Phi) is 3.27. The predicted molar refractivity (Wildman–Crippen MR) is 82.3 cm³/mol. The minimum absolute atomic E-state index is 0.349. The van der Waals surface area contributed by atoms with Crippen LogP contribution < -0.4 is 4.40 Å². The molecule has 0 fully saturated rings. The Hall–Kier alpha value is -1.80. The van der Waals surface area contributed by atoms with Gasteiger partial charge in [0.05, 0.1) is 10.9 Å². The molecule has 2 aromatic heterocycles. The highest BCUT2D eigenvalue weighted by Crippen LogP contribution is 2.33. The average molecular weight is 287 g/mol. The minimum Gasteiger partial charge on any atom is -0.507 e. The van der Waals surface area contributed by atoms with Crippen molar-refractivity contribution in [1.29, 1.82) is 0 Å². The molecule has 0 unspecified atom stereocenters. The fourth-order valence-electron chi connectivity index (χ4n) is 2.73. The van der Waals surface area contributed by atoms with E-state index >= 15 is 0 Å². The van der Waals surface area contributed by atoms with Crippen LogP contribution in [0.1, 0.15) is 19.4 Å². The van der Waals surface area contributed by atoms with Crippen LogP contribution in [0.3, 0.4) is 0 Å². The van der Waals surface area contributed by atoms with Crippen LogP contribution >= 0.6 is 11.6 Å². The lowest BCUT2D eigenvalue weighted by Gasteiger charge is -2.10. The van der Waals surface area contributed by atoms with Gasteiger partial charge in [0.1, 0.15) is 10.8 Å². The lowest BCUT2D eigenvalue weighted by molar-refractivity contribution is -0.482. The first-order chi connectivity index (χ1) is 9.59. The predicted octanol–water partition coefficient (Wildman–Crippen LogP) is 4.14. The Morgan fingerprint density at radius 1 is 1.15 bits per heavy atom. The molecule has 0 amide bonds. The Bertz CT molecular complexity index is 796. The van der Waals surface area contributed by atoms with Crippen molar-refractivity contribution in [3.8, 4) is 5.75 Å². The summed E-state index contributed by atoms with van der Waals surface area (Å²) >= 11 is 6.33. The van der Waals surface area contributed by atoms with Gasteiger partial charge in [-0.1, -0.05) is 31.5 Å². The van der Waals surface area contributed by atoms with Crippen molar-refractivity contribution >= 4 is 28.0 Å². The first-order valence-electron chi connectivity index (χ1n) is 6.82. The van der Waals surface area contributed by atoms with Crippen molar-refractivity contribution < 1.29 is 9.51 Å². The third-order valence-corrected chi connectivity index (χ3v) is 3.86. The summed E-state index contributed by atoms with van der Waals surface area (Å²) in [5.41, 5.74) is 2.85. The van der Waals surface area contributed by atoms with E-state index in [9.17, 15) is 5.11 Å². The Morgan fingerprint density at radius 3 is 2.70 bits per heavy atom. The molecule has 20 heavy (non-hydrogen) atoms. The first-order valence-corrected chi connectivity index (χ1v) is 7.20. The summed E-state index contributed by atoms with van der Waals surface area (Å²) in [5.74, 6) is 0.823. The smallest absolute Gasteiger partial charge is 0.240 e. The van der Waals surface area contributed by atoms with Gasteiger partial charge in [0.25, 0.3) is 0 Å². The molecule has 3 heteroatoms. The summed E-state index contributed by atoms with van der Waals surface area (Å²) in [6.07, 6.45) is 2.83. The fraction of sp³-hybridized carbons (Fsp3) is 0.235. The second kappa shape index (κ2) is 4.95. The number of hydrogen-bond donors (Lipinski definition) is 1. The van der Waals surface area contributed by atoms with Gasteiger partial charge < -0.3 is 5.11 Å². The summed E-state index contributed by atoms with van der Waals surface area (Å²) in [4.78, 5) is 0. The largest absolute Gasteiger partial charge is 0.507 e. The van der Waals surface area contributed by atoms with Crippen molar-refractivity contribution in [2.45, 2.75) is 20.3 Å². The number of para-hydroxylation sites is 1. The van der Waals surface area contributed by atoms with Crippen LogP contribution in [-0.2, 0) is 6.42 Å². The number of fused-ring (bicyclic) bond motifs is 3. The molecule has 1 aromatic carbocycles. The van der Waals surface area contributed by atoms with Crippen LogP contribution in [0.25, 0.3) is 16.4 Å². The second-order valence-corrected chi connectivity index (χ2v) is 5.92. The number of benzene rings is 1. The molecule has 0 aliphatic rings. The Labute approximate surface area is 123 Å². The third-order valence-electron chi connectivity index (χ3n) is 3.55. The average Bonchev–Trinajstić information content (AvgIpc) is 2.43. The van der Waals surface area contributed by atoms with Gasteiger partial charge in [-0.3, -0.25) is 0 Å². The number of halogens is 1. The summed E-state index contributed by atoms with van der Waals surface area (Å²) in [6, 6.07) is 11.6. The van der Waals surface area contributed by atoms with Crippen LogP contribution in [0.4, 0.5) is 0 Å². The lowest BCUT2D eigenvalue weighted by Crippen LogP contribution is -2.24. The van der Waals surface area contributed by atoms with Gasteiger partial charge in [0.2, 0.25) is 11.0 Å². The van der Waals surface area contributed by atoms with Crippen LogP contribution in [0, 0.1) is 5.92 Å². The molecule has 2 nitrogen and oxygen atoms in total. The van der Waals surface area contributed by atoms with Crippen molar-refractivity contribution in [3.05, 3.63) is 53.2 Å². The third kappa shape index (κ3) is 2.01. The highest BCUT2D eigenvalue weighted by atomic mass is 35.5. The van der Waals surface area contributed by atoms with Crippen LogP contribution in [-0.4, -0.2) is 5.11 Å². The van der Waals surface area contributed by atoms with E-state index in [1.54, 1.807) is 0 Å². The van der Waals surface area contributed by atoms with E-state index in [0.717, 1.165) is 28.4 Å². The van der Waals surface area contributed by atoms with Gasteiger partial charge >= 0.3 is 0 Å². The molecule has 102 valence electrons.